The van der Waals surface area contributed by atoms with Crippen molar-refractivity contribution in [3.63, 3.8) is 0 Å². The molecule has 0 amide bonds. The van der Waals surface area contributed by atoms with Crippen LogP contribution in [0.1, 0.15) is 60.3 Å². The van der Waals surface area contributed by atoms with Crippen molar-refractivity contribution >= 4 is 23.1 Å². The highest BCUT2D eigenvalue weighted by atomic mass is 35.5. The fraction of sp³-hybridized carbons (Fsp3) is 0.400. The van der Waals surface area contributed by atoms with Crippen LogP contribution in [0.25, 0.3) is 5.57 Å². The number of carboxylic acid groups (broad SMARTS) is 1. The van der Waals surface area contributed by atoms with Gasteiger partial charge in [-0.05, 0) is 55.2 Å². The largest absolute Gasteiger partial charge is 0.618 e. The number of hydrogen-bond acceptors (Lipinski definition) is 5. The van der Waals surface area contributed by atoms with Crippen molar-refractivity contribution in [2.75, 3.05) is 19.6 Å². The average molecular weight is 537 g/mol. The van der Waals surface area contributed by atoms with Crippen LogP contribution in [0.4, 0.5) is 0 Å². The molecule has 5 rings (SSSR count). The molecule has 2 N–H and O–H groups in total. The van der Waals surface area contributed by atoms with E-state index in [4.69, 9.17) is 16.3 Å². The number of ether oxygens (including phenoxy) is 1. The lowest BCUT2D eigenvalue weighted by Crippen LogP contribution is -2.60. The number of hydrogen-bond donors (Lipinski definition) is 2. The van der Waals surface area contributed by atoms with Crippen molar-refractivity contribution < 1.29 is 24.5 Å². The molecule has 2 aliphatic heterocycles. The predicted octanol–water partition coefficient (Wildman–Crippen LogP) is 4.89. The number of carboxylic acids is 1. The second-order valence-corrected chi connectivity index (χ2v) is 11.5. The van der Waals surface area contributed by atoms with Gasteiger partial charge in [0.1, 0.15) is 5.75 Å². The van der Waals surface area contributed by atoms with Crippen LogP contribution in [0, 0.1) is 16.5 Å². The molecule has 1 aliphatic carbocycles. The van der Waals surface area contributed by atoms with Gasteiger partial charge < -0.3 is 25.1 Å². The van der Waals surface area contributed by atoms with E-state index < -0.39 is 11.6 Å². The molecule has 0 radical (unpaired) electrons. The number of fused-ring (bicyclic) bond motifs is 2. The average Bonchev–Trinajstić information content (AvgIpc) is 3.04. The Kier molecular flexibility index (Phi) is 7.11. The summed E-state index contributed by atoms with van der Waals surface area (Å²) in [6.45, 7) is 6.64. The van der Waals surface area contributed by atoms with Gasteiger partial charge in [0.2, 0.25) is 5.69 Å². The summed E-state index contributed by atoms with van der Waals surface area (Å²) < 4.78 is 6.73. The molecule has 1 fully saturated rings. The van der Waals surface area contributed by atoms with Crippen LogP contribution in [-0.4, -0.2) is 46.3 Å². The Hall–Kier alpha value is -3.13. The normalized spacial score (nSPS) is 25.6. The number of benzene rings is 1. The lowest BCUT2D eigenvalue weighted by molar-refractivity contribution is -0.616. The fourth-order valence-corrected chi connectivity index (χ4v) is 6.24. The lowest BCUT2D eigenvalue weighted by Gasteiger charge is -2.53. The van der Waals surface area contributed by atoms with Gasteiger partial charge in [-0.2, -0.15) is 4.73 Å². The first-order valence-electron chi connectivity index (χ1n) is 13.0. The van der Waals surface area contributed by atoms with E-state index in [1.165, 1.54) is 12.3 Å². The maximum Gasteiger partial charge on any atom is 0.335 e. The predicted molar refractivity (Wildman–Crippen MR) is 146 cm³/mol. The van der Waals surface area contributed by atoms with Crippen LogP contribution < -0.4 is 9.47 Å². The number of aromatic carboxylic acids is 1. The Labute approximate surface area is 227 Å². The van der Waals surface area contributed by atoms with Gasteiger partial charge in [0.15, 0.2) is 12.8 Å². The van der Waals surface area contributed by atoms with Crippen LogP contribution in [-0.2, 0) is 6.61 Å². The fourth-order valence-electron chi connectivity index (χ4n) is 6.08. The Balaban J connectivity index is 1.38. The first-order valence-corrected chi connectivity index (χ1v) is 13.4. The summed E-state index contributed by atoms with van der Waals surface area (Å²) in [4.78, 5) is 14.1. The number of halogens is 1. The Morgan fingerprint density at radius 3 is 2.84 bits per heavy atom. The van der Waals surface area contributed by atoms with Gasteiger partial charge in [-0.1, -0.05) is 43.7 Å². The number of nitrogens with zero attached hydrogens (tertiary/aromatic N) is 2. The number of allylic oxidation sites excluding steroid dienone is 3. The highest BCUT2D eigenvalue weighted by Gasteiger charge is 2.51. The molecule has 3 heterocycles. The zero-order valence-corrected chi connectivity index (χ0v) is 22.4. The highest BCUT2D eigenvalue weighted by molar-refractivity contribution is 6.31. The molecule has 3 aliphatic rings. The number of piperidine rings is 1. The van der Waals surface area contributed by atoms with E-state index in [0.717, 1.165) is 47.0 Å². The Morgan fingerprint density at radius 1 is 1.32 bits per heavy atom. The quantitative estimate of drug-likeness (QED) is 0.417. The molecule has 0 spiro atoms. The summed E-state index contributed by atoms with van der Waals surface area (Å²) in [6, 6.07) is 8.36. The van der Waals surface area contributed by atoms with E-state index in [9.17, 15) is 20.2 Å². The topological polar surface area (TPSA) is 96.9 Å². The minimum Gasteiger partial charge on any atom is -0.618 e. The Bertz CT molecular complexity index is 1350. The van der Waals surface area contributed by atoms with E-state index >= 15 is 0 Å². The van der Waals surface area contributed by atoms with Crippen LogP contribution in [0.2, 0.25) is 0 Å². The number of rotatable bonds is 5. The molecule has 0 bridgehead atoms. The monoisotopic (exact) mass is 536 g/mol. The number of carbonyl (C=O) groups is 1. The van der Waals surface area contributed by atoms with Gasteiger partial charge >= 0.3 is 5.97 Å². The molecule has 200 valence electrons. The van der Waals surface area contributed by atoms with E-state index in [2.05, 4.69) is 24.8 Å². The van der Waals surface area contributed by atoms with Crippen molar-refractivity contribution in [2.24, 2.45) is 11.3 Å². The molecular formula is C30H33ClN2O5. The number of pyridine rings is 1. The third-order valence-corrected chi connectivity index (χ3v) is 8.57. The molecular weight excluding hydrogens is 504 g/mol. The van der Waals surface area contributed by atoms with Crippen molar-refractivity contribution in [1.82, 2.24) is 4.90 Å². The van der Waals surface area contributed by atoms with Crippen LogP contribution in [0.5, 0.6) is 5.75 Å². The second kappa shape index (κ2) is 10.2. The second-order valence-electron chi connectivity index (χ2n) is 11.0. The minimum atomic E-state index is -1.02. The first kappa shape index (κ1) is 26.5. The number of likely N-dealkylation sites (tertiary alicyclic amines) is 1. The smallest absolute Gasteiger partial charge is 0.335 e. The first-order chi connectivity index (χ1) is 18.1. The maximum absolute atomic E-state index is 12.6. The molecule has 1 aromatic carbocycles. The van der Waals surface area contributed by atoms with Crippen molar-refractivity contribution in [3.05, 3.63) is 93.5 Å². The van der Waals surface area contributed by atoms with Crippen LogP contribution in [0.15, 0.2) is 65.9 Å². The van der Waals surface area contributed by atoms with Gasteiger partial charge in [0.25, 0.3) is 0 Å². The summed E-state index contributed by atoms with van der Waals surface area (Å²) in [5.41, 5.74) is 1.71. The SMILES string of the molecule is CC1(C)CN(CCC=C2c3cc(C(=O)O)ccc3OCc3c2ccc[n+]3[O-])CC[C@]1(O)C1C=CC(Cl)=CC1. The van der Waals surface area contributed by atoms with Crippen LogP contribution in [0.3, 0.4) is 0 Å². The zero-order valence-electron chi connectivity index (χ0n) is 21.7. The summed E-state index contributed by atoms with van der Waals surface area (Å²) in [5, 5.41) is 34.6. The highest BCUT2D eigenvalue weighted by Crippen LogP contribution is 2.46. The molecule has 0 saturated carbocycles. The summed E-state index contributed by atoms with van der Waals surface area (Å²) in [5.74, 6) is -0.432. The minimum absolute atomic E-state index is 0.0329. The molecule has 1 saturated heterocycles. The third kappa shape index (κ3) is 4.86. The van der Waals surface area contributed by atoms with E-state index in [1.54, 1.807) is 18.2 Å². The van der Waals surface area contributed by atoms with Crippen LogP contribution >= 0.6 is 11.6 Å². The molecule has 1 aromatic heterocycles. The van der Waals surface area contributed by atoms with Gasteiger partial charge in [0, 0.05) is 47.6 Å². The molecule has 1 unspecified atom stereocenters. The van der Waals surface area contributed by atoms with Gasteiger partial charge in [-0.25, -0.2) is 4.79 Å². The standard InChI is InChI=1S/C30H33ClN2O5/c1-29(2)19-32(16-13-30(29,36)21-8-10-22(31)11-9-21)14-3-5-23-24-6-4-15-33(37)26(24)18-38-27-12-7-20(28(34)35)17-25(23)27/h4-8,10-12,15,17,21,36H,3,9,13-14,16,18-19H2,1-2H3,(H,34,35)/t21?,30-/m0/s1. The van der Waals surface area contributed by atoms with Gasteiger partial charge in [-0.3, -0.25) is 0 Å². The summed E-state index contributed by atoms with van der Waals surface area (Å²) >= 11 is 6.11. The van der Waals surface area contributed by atoms with E-state index in [1.807, 2.05) is 24.3 Å². The van der Waals surface area contributed by atoms with Crippen molar-refractivity contribution in [3.8, 4) is 5.75 Å². The summed E-state index contributed by atoms with van der Waals surface area (Å²) in [6.07, 6.45) is 11.5. The maximum atomic E-state index is 12.6. The lowest BCUT2D eigenvalue weighted by atomic mass is 9.62. The van der Waals surface area contributed by atoms with Crippen molar-refractivity contribution in [2.45, 2.75) is 45.3 Å². The molecule has 8 heteroatoms. The molecule has 2 atom stereocenters. The van der Waals surface area contributed by atoms with E-state index in [0.29, 0.717) is 29.8 Å². The zero-order chi connectivity index (χ0) is 27.1. The van der Waals surface area contributed by atoms with E-state index in [-0.39, 0.29) is 23.5 Å². The van der Waals surface area contributed by atoms with Gasteiger partial charge in [-0.15, -0.1) is 0 Å². The number of aliphatic hydroxyl groups is 1. The number of aromatic nitrogens is 1. The third-order valence-electron chi connectivity index (χ3n) is 8.29. The molecule has 38 heavy (non-hydrogen) atoms. The molecule has 7 nitrogen and oxygen atoms in total. The summed E-state index contributed by atoms with van der Waals surface area (Å²) in [7, 11) is 0. The molecule has 2 aromatic rings. The van der Waals surface area contributed by atoms with Gasteiger partial charge in [0.05, 0.1) is 16.7 Å². The van der Waals surface area contributed by atoms with Crippen molar-refractivity contribution in [1.29, 1.82) is 0 Å². The Morgan fingerprint density at radius 2 is 2.13 bits per heavy atom.